The fraction of sp³-hybridized carbons (Fsp3) is 0.211. The highest BCUT2D eigenvalue weighted by atomic mass is 32.2. The van der Waals surface area contributed by atoms with Crippen LogP contribution in [0.25, 0.3) is 11.5 Å². The van der Waals surface area contributed by atoms with Crippen molar-refractivity contribution in [2.75, 3.05) is 5.75 Å². The lowest BCUT2D eigenvalue weighted by Crippen LogP contribution is -2.03. The summed E-state index contributed by atoms with van der Waals surface area (Å²) in [5.41, 5.74) is 3.58. The van der Waals surface area contributed by atoms with E-state index in [-0.39, 0.29) is 28.2 Å². The molecule has 0 radical (unpaired) electrons. The van der Waals surface area contributed by atoms with Gasteiger partial charge < -0.3 is 4.42 Å². The minimum absolute atomic E-state index is 0.0188. The minimum atomic E-state index is -0.420. The summed E-state index contributed by atoms with van der Waals surface area (Å²) in [5, 5.41) is 8.00. The van der Waals surface area contributed by atoms with Crippen LogP contribution in [-0.4, -0.2) is 21.7 Å². The molecule has 0 spiro atoms. The van der Waals surface area contributed by atoms with Gasteiger partial charge in [0, 0.05) is 5.56 Å². The first-order valence-corrected chi connectivity index (χ1v) is 9.05. The van der Waals surface area contributed by atoms with Gasteiger partial charge in [0.1, 0.15) is 5.82 Å². The summed E-state index contributed by atoms with van der Waals surface area (Å²) in [6.07, 6.45) is 3.29. The third-order valence-electron chi connectivity index (χ3n) is 4.26. The molecule has 4 nitrogen and oxygen atoms in total. The van der Waals surface area contributed by atoms with Crippen molar-refractivity contribution in [2.24, 2.45) is 0 Å². The zero-order valence-corrected chi connectivity index (χ0v) is 14.2. The average Bonchev–Trinajstić information content (AvgIpc) is 3.28. The van der Waals surface area contributed by atoms with Crippen LogP contribution in [0.2, 0.25) is 0 Å². The molecule has 3 aromatic rings. The van der Waals surface area contributed by atoms with Gasteiger partial charge in [-0.3, -0.25) is 4.79 Å². The number of aromatic nitrogens is 2. The van der Waals surface area contributed by atoms with Crippen LogP contribution in [0.1, 0.15) is 27.9 Å². The van der Waals surface area contributed by atoms with Gasteiger partial charge >= 0.3 is 0 Å². The zero-order valence-electron chi connectivity index (χ0n) is 13.4. The molecule has 2 aromatic carbocycles. The third kappa shape index (κ3) is 3.35. The maximum absolute atomic E-state index is 13.7. The summed E-state index contributed by atoms with van der Waals surface area (Å²) in [4.78, 5) is 12.4. The number of ketones is 1. The Hall–Kier alpha value is -2.47. The van der Waals surface area contributed by atoms with Crippen LogP contribution in [0.5, 0.6) is 0 Å². The van der Waals surface area contributed by atoms with Crippen molar-refractivity contribution in [2.45, 2.75) is 24.5 Å². The predicted molar refractivity (Wildman–Crippen MR) is 93.2 cm³/mol. The first-order chi connectivity index (χ1) is 12.2. The second-order valence-electron chi connectivity index (χ2n) is 5.90. The summed E-state index contributed by atoms with van der Waals surface area (Å²) in [6, 6.07) is 12.1. The highest BCUT2D eigenvalue weighted by Gasteiger charge is 2.16. The standard InChI is InChI=1S/C19H15FN2O2S/c20-16-7-2-1-6-15(16)18-21-22-19(24-18)25-11-17(23)14-9-8-12-4-3-5-13(12)10-14/h1-2,6-10H,3-5,11H2. The van der Waals surface area contributed by atoms with Gasteiger partial charge in [0.2, 0.25) is 0 Å². The molecule has 0 saturated carbocycles. The predicted octanol–water partition coefficient (Wildman–Crippen LogP) is 4.34. The van der Waals surface area contributed by atoms with Crippen LogP contribution in [-0.2, 0) is 12.8 Å². The second kappa shape index (κ2) is 6.80. The molecule has 1 aliphatic carbocycles. The Bertz CT molecular complexity index is 939. The van der Waals surface area contributed by atoms with Crippen LogP contribution < -0.4 is 0 Å². The number of rotatable bonds is 5. The molecule has 1 aromatic heterocycles. The zero-order chi connectivity index (χ0) is 17.2. The number of carbonyl (C=O) groups excluding carboxylic acids is 1. The normalized spacial score (nSPS) is 13.0. The van der Waals surface area contributed by atoms with Gasteiger partial charge in [-0.25, -0.2) is 4.39 Å². The molecule has 0 N–H and O–H groups in total. The first kappa shape index (κ1) is 16.0. The van der Waals surface area contributed by atoms with E-state index in [0.29, 0.717) is 5.56 Å². The van der Waals surface area contributed by atoms with E-state index in [1.54, 1.807) is 18.2 Å². The largest absolute Gasteiger partial charge is 0.411 e. The number of nitrogens with zero attached hydrogens (tertiary/aromatic N) is 2. The van der Waals surface area contributed by atoms with Crippen LogP contribution >= 0.6 is 11.8 Å². The molecule has 0 aliphatic heterocycles. The Morgan fingerprint density at radius 2 is 1.96 bits per heavy atom. The number of fused-ring (bicyclic) bond motifs is 1. The molecule has 1 heterocycles. The summed E-state index contributed by atoms with van der Waals surface area (Å²) in [6.45, 7) is 0. The summed E-state index contributed by atoms with van der Waals surface area (Å²) in [5.74, 6) is -0.0784. The molecular weight excluding hydrogens is 339 g/mol. The van der Waals surface area contributed by atoms with Crippen molar-refractivity contribution >= 4 is 17.5 Å². The molecule has 126 valence electrons. The van der Waals surface area contributed by atoms with Crippen molar-refractivity contribution in [1.29, 1.82) is 0 Å². The Kier molecular flexibility index (Phi) is 4.36. The number of thioether (sulfide) groups is 1. The second-order valence-corrected chi connectivity index (χ2v) is 6.83. The lowest BCUT2D eigenvalue weighted by Gasteiger charge is -2.03. The molecule has 0 unspecified atom stereocenters. The van der Waals surface area contributed by atoms with E-state index in [4.69, 9.17) is 4.42 Å². The number of hydrogen-bond donors (Lipinski definition) is 0. The lowest BCUT2D eigenvalue weighted by atomic mass is 10.0. The SMILES string of the molecule is O=C(CSc1nnc(-c2ccccc2F)o1)c1ccc2c(c1)CCC2. The molecule has 0 saturated heterocycles. The van der Waals surface area contributed by atoms with E-state index < -0.39 is 5.82 Å². The van der Waals surface area contributed by atoms with Crippen molar-refractivity contribution in [3.63, 3.8) is 0 Å². The first-order valence-electron chi connectivity index (χ1n) is 8.07. The average molecular weight is 354 g/mol. The van der Waals surface area contributed by atoms with Crippen LogP contribution in [0.4, 0.5) is 4.39 Å². The number of aryl methyl sites for hydroxylation is 2. The van der Waals surface area contributed by atoms with E-state index in [0.717, 1.165) is 19.3 Å². The quantitative estimate of drug-likeness (QED) is 0.504. The summed E-state index contributed by atoms with van der Waals surface area (Å²) >= 11 is 1.17. The molecule has 0 amide bonds. The molecule has 0 atom stereocenters. The van der Waals surface area contributed by atoms with Crippen molar-refractivity contribution in [1.82, 2.24) is 10.2 Å². The van der Waals surface area contributed by atoms with Crippen LogP contribution in [0, 0.1) is 5.82 Å². The topological polar surface area (TPSA) is 56.0 Å². The Morgan fingerprint density at radius 3 is 2.84 bits per heavy atom. The Balaban J connectivity index is 1.43. The molecule has 25 heavy (non-hydrogen) atoms. The highest BCUT2D eigenvalue weighted by molar-refractivity contribution is 7.99. The molecular formula is C19H15FN2O2S. The van der Waals surface area contributed by atoms with E-state index >= 15 is 0 Å². The molecule has 0 bridgehead atoms. The smallest absolute Gasteiger partial charge is 0.277 e. The number of halogens is 1. The maximum atomic E-state index is 13.7. The minimum Gasteiger partial charge on any atom is -0.411 e. The summed E-state index contributed by atoms with van der Waals surface area (Å²) < 4.78 is 19.2. The Labute approximate surface area is 148 Å². The molecule has 4 rings (SSSR count). The van der Waals surface area contributed by atoms with Gasteiger partial charge in [0.05, 0.1) is 11.3 Å². The van der Waals surface area contributed by atoms with Crippen LogP contribution in [0.15, 0.2) is 52.1 Å². The van der Waals surface area contributed by atoms with E-state index in [1.165, 1.54) is 29.0 Å². The lowest BCUT2D eigenvalue weighted by molar-refractivity contribution is 0.102. The fourth-order valence-corrected chi connectivity index (χ4v) is 3.63. The van der Waals surface area contributed by atoms with Gasteiger partial charge in [0.15, 0.2) is 5.78 Å². The Morgan fingerprint density at radius 1 is 1.12 bits per heavy atom. The van der Waals surface area contributed by atoms with Gasteiger partial charge in [-0.15, -0.1) is 10.2 Å². The molecule has 0 fully saturated rings. The van der Waals surface area contributed by atoms with Crippen molar-refractivity contribution < 1.29 is 13.6 Å². The fourth-order valence-electron chi connectivity index (χ4n) is 2.97. The van der Waals surface area contributed by atoms with Gasteiger partial charge in [0.25, 0.3) is 11.1 Å². The van der Waals surface area contributed by atoms with Gasteiger partial charge in [-0.05, 0) is 48.6 Å². The molecule has 6 heteroatoms. The summed E-state index contributed by atoms with van der Waals surface area (Å²) in [7, 11) is 0. The van der Waals surface area contributed by atoms with Crippen molar-refractivity contribution in [3.8, 4) is 11.5 Å². The third-order valence-corrected chi connectivity index (χ3v) is 5.08. The van der Waals surface area contributed by atoms with Gasteiger partial charge in [-0.2, -0.15) is 0 Å². The number of benzene rings is 2. The number of hydrogen-bond acceptors (Lipinski definition) is 5. The van der Waals surface area contributed by atoms with Crippen molar-refractivity contribution in [3.05, 3.63) is 65.0 Å². The number of Topliss-reactive ketones (excluding diaryl/α,β-unsaturated/α-hetero) is 1. The maximum Gasteiger partial charge on any atom is 0.277 e. The highest BCUT2D eigenvalue weighted by Crippen LogP contribution is 2.27. The van der Waals surface area contributed by atoms with Crippen LogP contribution in [0.3, 0.4) is 0 Å². The molecule has 1 aliphatic rings. The van der Waals surface area contributed by atoms with Gasteiger partial charge in [-0.1, -0.05) is 36.0 Å². The number of carbonyl (C=O) groups is 1. The van der Waals surface area contributed by atoms with E-state index in [1.807, 2.05) is 18.2 Å². The monoisotopic (exact) mass is 354 g/mol. The van der Waals surface area contributed by atoms with E-state index in [9.17, 15) is 9.18 Å². The van der Waals surface area contributed by atoms with E-state index in [2.05, 4.69) is 10.2 Å².